The molecule has 1 aromatic carbocycles. The molecular weight excluding hydrogens is 398 g/mol. The van der Waals surface area contributed by atoms with Crippen molar-refractivity contribution in [2.24, 2.45) is 5.73 Å². The third kappa shape index (κ3) is 3.91. The van der Waals surface area contributed by atoms with E-state index in [4.69, 9.17) is 29.6 Å². The van der Waals surface area contributed by atoms with Gasteiger partial charge in [-0.1, -0.05) is 39.7 Å². The van der Waals surface area contributed by atoms with Gasteiger partial charge in [0.15, 0.2) is 0 Å². The number of nitrogens with two attached hydrogens (primary N) is 1. The molecule has 0 aliphatic rings. The Hall–Kier alpha value is -1.22. The maximum Gasteiger partial charge on any atom is 0.263 e. The molecule has 1 heterocycles. The molecule has 2 rings (SSSR count). The van der Waals surface area contributed by atoms with Gasteiger partial charge in [-0.2, -0.15) is 0 Å². The van der Waals surface area contributed by atoms with E-state index in [0.29, 0.717) is 10.2 Å². The molecule has 1 aromatic heterocycles. The molecule has 110 valence electrons. The predicted molar refractivity (Wildman–Crippen MR) is 90.1 cm³/mol. The van der Waals surface area contributed by atoms with Crippen molar-refractivity contribution in [3.05, 3.63) is 51.7 Å². The van der Waals surface area contributed by atoms with Crippen molar-refractivity contribution in [2.75, 3.05) is 4.72 Å². The van der Waals surface area contributed by atoms with Crippen LogP contribution >= 0.6 is 39.7 Å². The van der Waals surface area contributed by atoms with Crippen molar-refractivity contribution in [1.82, 2.24) is 4.98 Å². The largest absolute Gasteiger partial charge is 0.388 e. The normalized spacial score (nSPS) is 11.1. The Labute approximate surface area is 140 Å². The second-order valence-electron chi connectivity index (χ2n) is 3.97. The van der Waals surface area contributed by atoms with Crippen LogP contribution in [0.15, 0.2) is 45.9 Å². The lowest BCUT2D eigenvalue weighted by Gasteiger charge is -2.10. The fraction of sp³-hybridized carbons (Fsp3) is 0. The number of nitrogens with one attached hydrogen (secondary N) is 1. The minimum Gasteiger partial charge on any atom is -0.388 e. The van der Waals surface area contributed by atoms with E-state index in [1.165, 1.54) is 18.3 Å². The summed E-state index contributed by atoms with van der Waals surface area (Å²) >= 11 is 14.0. The first-order chi connectivity index (χ1) is 9.79. The highest BCUT2D eigenvalue weighted by atomic mass is 79.9. The minimum absolute atomic E-state index is 0.0152. The fourth-order valence-electron chi connectivity index (χ4n) is 1.46. The van der Waals surface area contributed by atoms with Crippen LogP contribution in [-0.4, -0.2) is 18.4 Å². The predicted octanol–water partition coefficient (Wildman–Crippen LogP) is 2.93. The van der Waals surface area contributed by atoms with Crippen LogP contribution in [0, 0.1) is 0 Å². The van der Waals surface area contributed by atoms with Gasteiger partial charge in [-0.15, -0.1) is 0 Å². The van der Waals surface area contributed by atoms with Crippen molar-refractivity contribution in [1.29, 1.82) is 0 Å². The number of halogens is 2. The molecule has 0 amide bonds. The smallest absolute Gasteiger partial charge is 0.263 e. The zero-order valence-corrected chi connectivity index (χ0v) is 14.4. The molecule has 0 bridgehead atoms. The van der Waals surface area contributed by atoms with Crippen LogP contribution in [0.25, 0.3) is 0 Å². The number of anilines is 1. The fourth-order valence-corrected chi connectivity index (χ4v) is 3.18. The molecule has 0 aliphatic heterocycles. The monoisotopic (exact) mass is 405 g/mol. The Morgan fingerprint density at radius 1 is 1.33 bits per heavy atom. The van der Waals surface area contributed by atoms with E-state index in [0.717, 1.165) is 0 Å². The quantitative estimate of drug-likeness (QED) is 0.763. The summed E-state index contributed by atoms with van der Waals surface area (Å²) in [7, 11) is -3.80. The molecule has 9 heteroatoms. The Morgan fingerprint density at radius 2 is 2.05 bits per heavy atom. The lowest BCUT2D eigenvalue weighted by Crippen LogP contribution is -2.15. The van der Waals surface area contributed by atoms with Crippen LogP contribution in [-0.2, 0) is 10.0 Å². The van der Waals surface area contributed by atoms with Crippen molar-refractivity contribution in [3.8, 4) is 0 Å². The number of nitrogens with zero attached hydrogens (tertiary/aromatic N) is 1. The average molecular weight is 407 g/mol. The molecule has 2 aromatic rings. The van der Waals surface area contributed by atoms with E-state index in [-0.39, 0.29) is 20.6 Å². The van der Waals surface area contributed by atoms with Gasteiger partial charge in [0.2, 0.25) is 0 Å². The Bertz CT molecular complexity index is 795. The van der Waals surface area contributed by atoms with Crippen molar-refractivity contribution in [2.45, 2.75) is 4.90 Å². The maximum atomic E-state index is 12.3. The molecule has 0 spiro atoms. The summed E-state index contributed by atoms with van der Waals surface area (Å²) in [5.41, 5.74) is 6.03. The standard InChI is InChI=1S/C12H9BrClN3O2S2/c13-7-1-3-9(14)11(5-7)17-21(18,19)8-2-4-10(12(15)20)16-6-8/h1-6,17H,(H2,15,20). The van der Waals surface area contributed by atoms with Gasteiger partial charge in [0.25, 0.3) is 10.0 Å². The second-order valence-corrected chi connectivity index (χ2v) is 7.42. The average Bonchev–Trinajstić information content (AvgIpc) is 2.43. The zero-order valence-electron chi connectivity index (χ0n) is 10.4. The van der Waals surface area contributed by atoms with E-state index in [1.54, 1.807) is 18.2 Å². The number of aromatic nitrogens is 1. The van der Waals surface area contributed by atoms with Gasteiger partial charge >= 0.3 is 0 Å². The van der Waals surface area contributed by atoms with Crippen LogP contribution < -0.4 is 10.5 Å². The van der Waals surface area contributed by atoms with E-state index < -0.39 is 10.0 Å². The van der Waals surface area contributed by atoms with Gasteiger partial charge in [-0.25, -0.2) is 8.42 Å². The molecule has 0 fully saturated rings. The number of rotatable bonds is 4. The summed E-state index contributed by atoms with van der Waals surface area (Å²) in [4.78, 5) is 3.98. The minimum atomic E-state index is -3.80. The third-order valence-electron chi connectivity index (χ3n) is 2.47. The second kappa shape index (κ2) is 6.27. The van der Waals surface area contributed by atoms with E-state index in [9.17, 15) is 8.42 Å². The molecule has 21 heavy (non-hydrogen) atoms. The highest BCUT2D eigenvalue weighted by molar-refractivity contribution is 9.10. The number of thiocarbonyl (C=S) groups is 1. The van der Waals surface area contributed by atoms with Gasteiger partial charge in [-0.05, 0) is 30.3 Å². The number of benzene rings is 1. The first-order valence-electron chi connectivity index (χ1n) is 5.53. The topological polar surface area (TPSA) is 85.1 Å². The van der Waals surface area contributed by atoms with E-state index in [1.807, 2.05) is 0 Å². The van der Waals surface area contributed by atoms with E-state index in [2.05, 4.69) is 25.6 Å². The van der Waals surface area contributed by atoms with E-state index >= 15 is 0 Å². The van der Waals surface area contributed by atoms with Crippen LogP contribution in [0.2, 0.25) is 5.02 Å². The molecule has 0 unspecified atom stereocenters. The summed E-state index contributed by atoms with van der Waals surface area (Å²) in [5, 5.41) is 0.287. The van der Waals surface area contributed by atoms with Gasteiger partial charge in [0.05, 0.1) is 16.4 Å². The number of sulfonamides is 1. The summed E-state index contributed by atoms with van der Waals surface area (Å²) in [5.74, 6) is 0. The first kappa shape index (κ1) is 16.2. The molecule has 3 N–H and O–H groups in total. The summed E-state index contributed by atoms with van der Waals surface area (Å²) < 4.78 is 27.6. The van der Waals surface area contributed by atoms with Gasteiger partial charge in [0, 0.05) is 10.7 Å². The SMILES string of the molecule is NC(=S)c1ccc(S(=O)(=O)Nc2cc(Br)ccc2Cl)cn1. The Kier molecular flexibility index (Phi) is 4.82. The van der Waals surface area contributed by atoms with Crippen molar-refractivity contribution in [3.63, 3.8) is 0 Å². The molecule has 0 atom stereocenters. The molecule has 0 saturated carbocycles. The molecular formula is C12H9BrClN3O2S2. The van der Waals surface area contributed by atoms with Gasteiger partial charge < -0.3 is 5.73 Å². The Balaban J connectivity index is 2.34. The van der Waals surface area contributed by atoms with Crippen LogP contribution in [0.3, 0.4) is 0 Å². The summed E-state index contributed by atoms with van der Waals surface area (Å²) in [6.45, 7) is 0. The lowest BCUT2D eigenvalue weighted by molar-refractivity contribution is 0.601. The number of hydrogen-bond acceptors (Lipinski definition) is 4. The first-order valence-corrected chi connectivity index (χ1v) is 8.59. The van der Waals surface area contributed by atoms with Crippen molar-refractivity contribution >= 4 is 60.4 Å². The summed E-state index contributed by atoms with van der Waals surface area (Å²) in [6.07, 6.45) is 1.18. The molecule has 0 saturated heterocycles. The van der Waals surface area contributed by atoms with Crippen LogP contribution in [0.5, 0.6) is 0 Å². The Morgan fingerprint density at radius 3 is 2.62 bits per heavy atom. The zero-order chi connectivity index (χ0) is 15.6. The highest BCUT2D eigenvalue weighted by Gasteiger charge is 2.16. The van der Waals surface area contributed by atoms with Crippen LogP contribution in [0.1, 0.15) is 5.69 Å². The molecule has 5 nitrogen and oxygen atoms in total. The van der Waals surface area contributed by atoms with Gasteiger partial charge in [0.1, 0.15) is 9.88 Å². The highest BCUT2D eigenvalue weighted by Crippen LogP contribution is 2.27. The third-order valence-corrected chi connectivity index (χ3v) is 4.85. The molecule has 0 aliphatic carbocycles. The number of hydrogen-bond donors (Lipinski definition) is 2. The summed E-state index contributed by atoms with van der Waals surface area (Å²) in [6, 6.07) is 7.67. The maximum absolute atomic E-state index is 12.3. The van der Waals surface area contributed by atoms with Crippen molar-refractivity contribution < 1.29 is 8.42 Å². The van der Waals surface area contributed by atoms with Crippen LogP contribution in [0.4, 0.5) is 5.69 Å². The lowest BCUT2D eigenvalue weighted by atomic mass is 10.3. The molecule has 0 radical (unpaired) electrons. The van der Waals surface area contributed by atoms with Gasteiger partial charge in [-0.3, -0.25) is 9.71 Å². The number of pyridine rings is 1.